The Morgan fingerprint density at radius 3 is 0.969 bits per heavy atom. The molecule has 0 saturated carbocycles. The highest BCUT2D eigenvalue weighted by atomic mass is 16.5. The van der Waals surface area contributed by atoms with E-state index in [9.17, 15) is 0 Å². The van der Waals surface area contributed by atoms with E-state index in [4.69, 9.17) is 28.4 Å². The second-order valence-corrected chi connectivity index (χ2v) is 17.0. The predicted molar refractivity (Wildman–Crippen MR) is 254 cm³/mol. The van der Waals surface area contributed by atoms with Crippen LogP contribution >= 0.6 is 0 Å². The molecule has 6 heterocycles. The Kier molecular flexibility index (Phi) is 6.81. The topological polar surface area (TPSA) is 58.6 Å². The Bertz CT molecular complexity index is 3260. The summed E-state index contributed by atoms with van der Waals surface area (Å²) >= 11 is 0. The minimum Gasteiger partial charge on any atom is -0.459 e. The van der Waals surface area contributed by atoms with Crippen LogP contribution in [0.2, 0.25) is 0 Å². The van der Waals surface area contributed by atoms with Crippen LogP contribution in [0.5, 0.6) is 69.0 Å². The van der Waals surface area contributed by atoms with Gasteiger partial charge in [0, 0.05) is 63.0 Å². The van der Waals surface area contributed by atoms with Crippen molar-refractivity contribution in [2.75, 3.05) is 4.90 Å². The van der Waals surface area contributed by atoms with Crippen molar-refractivity contribution in [1.82, 2.24) is 0 Å². The molecular formula is C54H30B3NO6. The maximum absolute atomic E-state index is 7.24. The van der Waals surface area contributed by atoms with E-state index in [1.165, 1.54) is 0 Å². The van der Waals surface area contributed by atoms with E-state index < -0.39 is 6.71 Å². The van der Waals surface area contributed by atoms with E-state index >= 15 is 0 Å². The third-order valence-electron chi connectivity index (χ3n) is 13.6. The number of nitrogens with zero attached hydrogens (tertiary/aromatic N) is 1. The van der Waals surface area contributed by atoms with Gasteiger partial charge in [-0.15, -0.1) is 0 Å². The lowest BCUT2D eigenvalue weighted by atomic mass is 9.29. The van der Waals surface area contributed by atoms with Gasteiger partial charge in [0.25, 0.3) is 20.1 Å². The first-order valence-corrected chi connectivity index (χ1v) is 21.7. The Labute approximate surface area is 369 Å². The van der Waals surface area contributed by atoms with Crippen molar-refractivity contribution in [2.24, 2.45) is 0 Å². The van der Waals surface area contributed by atoms with Crippen molar-refractivity contribution in [3.63, 3.8) is 0 Å². The first kappa shape index (κ1) is 34.4. The van der Waals surface area contributed by atoms with Crippen LogP contribution < -0.4 is 82.5 Å². The van der Waals surface area contributed by atoms with Gasteiger partial charge >= 0.3 is 0 Å². The molecule has 9 aromatic rings. The van der Waals surface area contributed by atoms with Gasteiger partial charge in [-0.3, -0.25) is 0 Å². The highest BCUT2D eigenvalue weighted by molar-refractivity contribution is 7.03. The molecule has 0 fully saturated rings. The van der Waals surface area contributed by atoms with E-state index in [2.05, 4.69) is 138 Å². The van der Waals surface area contributed by atoms with Gasteiger partial charge in [-0.1, -0.05) is 109 Å². The number of ether oxygens (including phenoxy) is 6. The number of benzene rings is 9. The maximum atomic E-state index is 7.24. The summed E-state index contributed by atoms with van der Waals surface area (Å²) in [4.78, 5) is 2.23. The zero-order valence-corrected chi connectivity index (χ0v) is 33.9. The summed E-state index contributed by atoms with van der Waals surface area (Å²) in [7, 11) is 0. The van der Waals surface area contributed by atoms with Crippen LogP contribution in [0.4, 0.5) is 17.1 Å². The van der Waals surface area contributed by atoms with Crippen molar-refractivity contribution in [3.05, 3.63) is 182 Å². The van der Waals surface area contributed by atoms with Gasteiger partial charge in [-0.2, -0.15) is 0 Å². The number of rotatable bonds is 3. The number of fused-ring (bicyclic) bond motifs is 14. The molecule has 0 aromatic heterocycles. The van der Waals surface area contributed by atoms with Crippen LogP contribution in [0.15, 0.2) is 182 Å². The SMILES string of the molecule is c1ccc(N(c2ccccc2)c2cc3c4c(c2)Oc2cc5c6c(c2B4c2c(cc4c7c2Oc2ccccc2B7c2ccccc2O4)O3)Oc2ccccc2B6c2ccccc2O5)cc1. The zero-order valence-electron chi connectivity index (χ0n) is 33.9. The first-order chi connectivity index (χ1) is 31.7. The summed E-state index contributed by atoms with van der Waals surface area (Å²) in [6.07, 6.45) is 0. The summed E-state index contributed by atoms with van der Waals surface area (Å²) in [5.41, 5.74) is 11.9. The fourth-order valence-corrected chi connectivity index (χ4v) is 11.0. The second-order valence-electron chi connectivity index (χ2n) is 17.0. The number of hydrogen-bond acceptors (Lipinski definition) is 7. The molecule has 9 aromatic carbocycles. The van der Waals surface area contributed by atoms with Crippen LogP contribution in [0, 0.1) is 0 Å². The third-order valence-corrected chi connectivity index (χ3v) is 13.6. The van der Waals surface area contributed by atoms with E-state index in [1.807, 2.05) is 48.5 Å². The van der Waals surface area contributed by atoms with E-state index in [-0.39, 0.29) is 13.4 Å². The molecule has 0 unspecified atom stereocenters. The molecule has 0 spiro atoms. The molecule has 0 bridgehead atoms. The summed E-state index contributed by atoms with van der Waals surface area (Å²) in [5, 5.41) is 0. The van der Waals surface area contributed by atoms with Crippen LogP contribution in [-0.4, -0.2) is 20.1 Å². The molecule has 15 rings (SSSR count). The van der Waals surface area contributed by atoms with Crippen molar-refractivity contribution in [3.8, 4) is 69.0 Å². The van der Waals surface area contributed by atoms with Gasteiger partial charge in [0.2, 0.25) is 0 Å². The van der Waals surface area contributed by atoms with Crippen LogP contribution in [0.25, 0.3) is 0 Å². The minimum atomic E-state index is -0.444. The Morgan fingerprint density at radius 1 is 0.250 bits per heavy atom. The van der Waals surface area contributed by atoms with Gasteiger partial charge in [-0.05, 0) is 70.4 Å². The molecule has 0 saturated heterocycles. The molecular weight excluding hydrogens is 791 g/mol. The molecule has 0 aliphatic carbocycles. The standard InChI is InChI=1S/C54H30B3NO6/c1-3-15-31(16-4-1)58(32-17-5-2-6-18-32)33-27-42-48-43(28-33)62-47-30-45-50-54(64-41-26-14-10-22-37(41)56(50)35-20-8-12-24-39(35)60-45)52(47)57(48)51-46(61-42)29-44-49-53(51)63-40-25-13-9-21-36(40)55(49)34-19-7-11-23-38(34)59-44/h1-30H. The quantitative estimate of drug-likeness (QED) is 0.173. The lowest BCUT2D eigenvalue weighted by molar-refractivity contribution is 0.437. The lowest BCUT2D eigenvalue weighted by Crippen LogP contribution is -2.64. The van der Waals surface area contributed by atoms with Gasteiger partial charge in [0.1, 0.15) is 69.0 Å². The van der Waals surface area contributed by atoms with E-state index in [0.717, 1.165) is 101 Å². The average molecular weight is 821 g/mol. The fourth-order valence-electron chi connectivity index (χ4n) is 11.0. The molecule has 0 N–H and O–H groups in total. The minimum absolute atomic E-state index is 0.127. The first-order valence-electron chi connectivity index (χ1n) is 21.7. The second kappa shape index (κ2) is 12.7. The summed E-state index contributed by atoms with van der Waals surface area (Å²) in [6.45, 7) is -0.699. The summed E-state index contributed by atoms with van der Waals surface area (Å²) in [5.74, 6) is 8.71. The van der Waals surface area contributed by atoms with Gasteiger partial charge in [0.05, 0.1) is 5.69 Å². The summed E-state index contributed by atoms with van der Waals surface area (Å²) < 4.78 is 42.5. The highest BCUT2D eigenvalue weighted by Gasteiger charge is 2.52. The summed E-state index contributed by atoms with van der Waals surface area (Å²) in [6, 6.07) is 62.4. The smallest absolute Gasteiger partial charge is 0.270 e. The molecule has 6 aliphatic heterocycles. The molecule has 0 amide bonds. The van der Waals surface area contributed by atoms with Crippen molar-refractivity contribution in [2.45, 2.75) is 0 Å². The molecule has 296 valence electrons. The highest BCUT2D eigenvalue weighted by Crippen LogP contribution is 2.48. The lowest BCUT2D eigenvalue weighted by Gasteiger charge is -2.41. The van der Waals surface area contributed by atoms with Crippen molar-refractivity contribution >= 4 is 86.4 Å². The predicted octanol–water partition coefficient (Wildman–Crippen LogP) is 7.34. The largest absolute Gasteiger partial charge is 0.459 e. The Balaban J connectivity index is 1.03. The number of anilines is 3. The molecule has 10 heteroatoms. The molecule has 0 radical (unpaired) electrons. The van der Waals surface area contributed by atoms with Crippen molar-refractivity contribution in [1.29, 1.82) is 0 Å². The molecule has 6 aliphatic rings. The van der Waals surface area contributed by atoms with Crippen LogP contribution in [0.3, 0.4) is 0 Å². The molecule has 7 nitrogen and oxygen atoms in total. The monoisotopic (exact) mass is 821 g/mol. The van der Waals surface area contributed by atoms with E-state index in [1.54, 1.807) is 0 Å². The van der Waals surface area contributed by atoms with Crippen LogP contribution in [-0.2, 0) is 0 Å². The molecule has 64 heavy (non-hydrogen) atoms. The average Bonchev–Trinajstić information content (AvgIpc) is 3.34. The number of hydrogen-bond donors (Lipinski definition) is 0. The zero-order chi connectivity index (χ0) is 41.6. The molecule has 0 atom stereocenters. The third kappa shape index (κ3) is 4.63. The Morgan fingerprint density at radius 2 is 0.562 bits per heavy atom. The van der Waals surface area contributed by atoms with E-state index in [0.29, 0.717) is 34.5 Å². The fraction of sp³-hybridized carbons (Fsp3) is 0. The normalized spacial score (nSPS) is 14.0. The van der Waals surface area contributed by atoms with Gasteiger partial charge in [-0.25, -0.2) is 0 Å². The van der Waals surface area contributed by atoms with Crippen LogP contribution in [0.1, 0.15) is 0 Å². The van der Waals surface area contributed by atoms with Crippen molar-refractivity contribution < 1.29 is 28.4 Å². The maximum Gasteiger partial charge on any atom is 0.270 e. The van der Waals surface area contributed by atoms with Gasteiger partial charge in [0.15, 0.2) is 0 Å². The Hall–Kier alpha value is -8.23. The van der Waals surface area contributed by atoms with Gasteiger partial charge < -0.3 is 33.3 Å². The number of para-hydroxylation sites is 6.